The number of fused-ring (bicyclic) bond motifs is 1. The lowest BCUT2D eigenvalue weighted by Crippen LogP contribution is -2.47. The molecule has 5 rings (SSSR count). The van der Waals surface area contributed by atoms with Crippen LogP contribution in [0, 0.1) is 30.1 Å². The molecule has 1 saturated heterocycles. The van der Waals surface area contributed by atoms with Gasteiger partial charge in [0.05, 0.1) is 23.3 Å². The van der Waals surface area contributed by atoms with Gasteiger partial charge < -0.3 is 9.64 Å². The Hall–Kier alpha value is -3.86. The van der Waals surface area contributed by atoms with Crippen LogP contribution >= 0.6 is 0 Å². The number of sulfonamides is 1. The van der Waals surface area contributed by atoms with Gasteiger partial charge in [-0.25, -0.2) is 13.4 Å². The topological polar surface area (TPSA) is 140 Å². The van der Waals surface area contributed by atoms with Crippen molar-refractivity contribution in [3.63, 3.8) is 0 Å². The maximum absolute atomic E-state index is 14.1. The highest BCUT2D eigenvalue weighted by Gasteiger charge is 2.61. The summed E-state index contributed by atoms with van der Waals surface area (Å²) < 4.78 is 33.7. The average molecular weight is 636 g/mol. The molecule has 2 aromatic rings. The van der Waals surface area contributed by atoms with Crippen LogP contribution in [0.15, 0.2) is 55.8 Å². The molecule has 2 aliphatic carbocycles. The van der Waals surface area contributed by atoms with E-state index in [9.17, 15) is 27.6 Å². The third-order valence-corrected chi connectivity index (χ3v) is 11.2. The van der Waals surface area contributed by atoms with Gasteiger partial charge in [-0.2, -0.15) is 0 Å². The molecule has 2 saturated carbocycles. The molecule has 1 N–H and O–H groups in total. The Morgan fingerprint density at radius 2 is 1.91 bits per heavy atom. The van der Waals surface area contributed by atoms with Crippen molar-refractivity contribution in [3.05, 3.63) is 61.3 Å². The van der Waals surface area contributed by atoms with Crippen LogP contribution in [0.25, 0.3) is 10.8 Å². The lowest BCUT2D eigenvalue weighted by Gasteiger charge is -2.30. The smallest absolute Gasteiger partial charge is 0.240 e. The maximum Gasteiger partial charge on any atom is 0.240 e. The van der Waals surface area contributed by atoms with Gasteiger partial charge in [-0.15, -0.1) is 6.58 Å². The monoisotopic (exact) mass is 635 g/mol. The maximum atomic E-state index is 14.1. The van der Waals surface area contributed by atoms with E-state index in [0.717, 1.165) is 16.3 Å². The zero-order valence-corrected chi connectivity index (χ0v) is 26.8. The number of ether oxygens (including phenoxy) is 1. The molecular formula is C34H41N3O7S. The summed E-state index contributed by atoms with van der Waals surface area (Å²) in [5, 5.41) is 1.15. The minimum absolute atomic E-state index is 0.0446. The molecule has 1 aromatic heterocycles. The number of hydrogen-bond acceptors (Lipinski definition) is 8. The van der Waals surface area contributed by atoms with Crippen molar-refractivity contribution >= 4 is 44.2 Å². The van der Waals surface area contributed by atoms with Crippen molar-refractivity contribution in [3.8, 4) is 5.88 Å². The first kappa shape index (κ1) is 32.5. The van der Waals surface area contributed by atoms with Crippen LogP contribution in [0.5, 0.6) is 5.88 Å². The molecule has 5 atom stereocenters. The van der Waals surface area contributed by atoms with E-state index < -0.39 is 44.7 Å². The van der Waals surface area contributed by atoms with E-state index in [1.54, 1.807) is 12.3 Å². The van der Waals surface area contributed by atoms with Crippen molar-refractivity contribution in [2.45, 2.75) is 76.7 Å². The van der Waals surface area contributed by atoms with Gasteiger partial charge in [0.2, 0.25) is 27.7 Å². The fourth-order valence-electron chi connectivity index (χ4n) is 6.38. The molecule has 2 amide bonds. The van der Waals surface area contributed by atoms with Gasteiger partial charge >= 0.3 is 0 Å². The number of allylic oxidation sites excluding steroid dienone is 2. The Balaban J connectivity index is 1.42. The predicted molar refractivity (Wildman–Crippen MR) is 170 cm³/mol. The number of nitrogens with zero attached hydrogens (tertiary/aromatic N) is 2. The highest BCUT2D eigenvalue weighted by molar-refractivity contribution is 7.90. The molecule has 45 heavy (non-hydrogen) atoms. The molecule has 3 aliphatic rings. The minimum Gasteiger partial charge on any atom is -0.472 e. The summed E-state index contributed by atoms with van der Waals surface area (Å²) in [6, 6.07) is 6.84. The minimum atomic E-state index is -3.82. The number of ketones is 2. The summed E-state index contributed by atoms with van der Waals surface area (Å²) in [5.41, 5.74) is -0.169. The van der Waals surface area contributed by atoms with Gasteiger partial charge in [-0.05, 0) is 61.6 Å². The second-order valence-electron chi connectivity index (χ2n) is 13.1. The Bertz CT molecular complexity index is 1660. The first-order chi connectivity index (χ1) is 21.3. The van der Waals surface area contributed by atoms with Crippen LogP contribution in [-0.4, -0.2) is 65.6 Å². The number of aromatic nitrogens is 1. The van der Waals surface area contributed by atoms with E-state index in [-0.39, 0.29) is 61.5 Å². The fraction of sp³-hybridized carbons (Fsp3) is 0.500. The number of carbonyl (C=O) groups excluding carboxylic acids is 4. The van der Waals surface area contributed by atoms with Gasteiger partial charge in [-0.3, -0.25) is 23.9 Å². The lowest BCUT2D eigenvalue weighted by molar-refractivity contribution is -0.144. The van der Waals surface area contributed by atoms with E-state index in [2.05, 4.69) is 22.9 Å². The number of aryl methyl sites for hydroxylation is 1. The number of rotatable bonds is 14. The quantitative estimate of drug-likeness (QED) is 0.242. The Morgan fingerprint density at radius 3 is 2.53 bits per heavy atom. The molecule has 0 spiro atoms. The van der Waals surface area contributed by atoms with Gasteiger partial charge in [-0.1, -0.05) is 44.2 Å². The summed E-state index contributed by atoms with van der Waals surface area (Å²) in [6.07, 6.45) is 4.97. The molecule has 10 nitrogen and oxygen atoms in total. The van der Waals surface area contributed by atoms with E-state index in [1.165, 1.54) is 11.0 Å². The van der Waals surface area contributed by atoms with Gasteiger partial charge in [0.25, 0.3) is 0 Å². The molecular weight excluding hydrogens is 594 g/mol. The van der Waals surface area contributed by atoms with Crippen LogP contribution in [0.3, 0.4) is 0 Å². The van der Waals surface area contributed by atoms with Gasteiger partial charge in [0, 0.05) is 36.8 Å². The van der Waals surface area contributed by atoms with Crippen molar-refractivity contribution in [1.29, 1.82) is 0 Å². The molecule has 0 bridgehead atoms. The zero-order chi connectivity index (χ0) is 32.7. The van der Waals surface area contributed by atoms with Crippen LogP contribution < -0.4 is 9.46 Å². The number of likely N-dealkylation sites (tertiary alicyclic amines) is 1. The number of nitrogens with one attached hydrogen (secondary N) is 1. The highest BCUT2D eigenvalue weighted by Crippen LogP contribution is 2.57. The first-order valence-electron chi connectivity index (χ1n) is 15.5. The number of benzene rings is 1. The third-order valence-electron chi connectivity index (χ3n) is 9.41. The van der Waals surface area contributed by atoms with Gasteiger partial charge in [0.1, 0.15) is 6.10 Å². The second kappa shape index (κ2) is 12.5. The summed E-state index contributed by atoms with van der Waals surface area (Å²) in [7, 11) is -3.82. The Labute approximate surface area is 264 Å². The standard InChI is InChI=1S/C34H41N3O7S/c1-6-23-17-34(23,33(41)36-45(42,43)26-9-10-26)18-30(39)29-16-25(19-37(29)32(40)28(20(3)4)15-24(38)7-2)44-31-27-11-8-21(5)14-22(27)12-13-35-31/h6-8,11-14,20,23,25-26,28-29H,1-2,9-10,15-19H2,3-5H3,(H,36,41)/t23-,25+,28+,29-,34+/m0/s1. The molecule has 0 unspecified atom stereocenters. The van der Waals surface area contributed by atoms with Crippen molar-refractivity contribution in [1.82, 2.24) is 14.6 Å². The zero-order valence-electron chi connectivity index (χ0n) is 26.0. The summed E-state index contributed by atoms with van der Waals surface area (Å²) in [6.45, 7) is 13.1. The average Bonchev–Trinajstić information content (AvgIpc) is 3.92. The van der Waals surface area contributed by atoms with Crippen molar-refractivity contribution < 1.29 is 32.3 Å². The fourth-order valence-corrected chi connectivity index (χ4v) is 7.77. The molecule has 1 aromatic carbocycles. The second-order valence-corrected chi connectivity index (χ2v) is 15.0. The molecule has 3 fully saturated rings. The first-order valence-corrected chi connectivity index (χ1v) is 17.0. The van der Waals surface area contributed by atoms with E-state index >= 15 is 0 Å². The largest absolute Gasteiger partial charge is 0.472 e. The van der Waals surface area contributed by atoms with E-state index in [4.69, 9.17) is 4.74 Å². The lowest BCUT2D eigenvalue weighted by atomic mass is 9.88. The number of pyridine rings is 1. The van der Waals surface area contributed by atoms with Crippen LogP contribution in [0.4, 0.5) is 0 Å². The Kier molecular flexibility index (Phi) is 9.04. The van der Waals surface area contributed by atoms with Crippen LogP contribution in [0.1, 0.15) is 57.9 Å². The third kappa shape index (κ3) is 6.73. The molecule has 1 aliphatic heterocycles. The number of Topliss-reactive ketones (excluding diaryl/α,β-unsaturated/α-hetero) is 1. The molecule has 11 heteroatoms. The number of carbonyl (C=O) groups is 4. The summed E-state index contributed by atoms with van der Waals surface area (Å²) in [5.74, 6) is -2.56. The predicted octanol–water partition coefficient (Wildman–Crippen LogP) is 4.07. The summed E-state index contributed by atoms with van der Waals surface area (Å²) >= 11 is 0. The normalized spacial score (nSPS) is 25.1. The van der Waals surface area contributed by atoms with E-state index in [0.29, 0.717) is 18.7 Å². The van der Waals surface area contributed by atoms with Crippen LogP contribution in [-0.2, 0) is 29.2 Å². The van der Waals surface area contributed by atoms with Crippen LogP contribution in [0.2, 0.25) is 0 Å². The molecule has 2 heterocycles. The van der Waals surface area contributed by atoms with Crippen molar-refractivity contribution in [2.75, 3.05) is 6.54 Å². The van der Waals surface area contributed by atoms with E-state index in [1.807, 2.05) is 45.0 Å². The molecule has 0 radical (unpaired) electrons. The SMILES string of the molecule is C=CC(=O)C[C@@H](C(=O)N1C[C@H](Oc2nccc3cc(C)ccc23)C[C@H]1C(=O)C[C@]1(C(=O)NS(=O)(=O)C2CC2)C[C@@H]1C=C)C(C)C. The number of amides is 2. The highest BCUT2D eigenvalue weighted by atomic mass is 32.2. The Morgan fingerprint density at radius 1 is 1.18 bits per heavy atom. The molecule has 240 valence electrons. The van der Waals surface area contributed by atoms with Crippen molar-refractivity contribution in [2.24, 2.45) is 23.2 Å². The van der Waals surface area contributed by atoms with Gasteiger partial charge in [0.15, 0.2) is 11.6 Å². The summed E-state index contributed by atoms with van der Waals surface area (Å²) in [4.78, 5) is 59.7. The number of hydrogen-bond donors (Lipinski definition) is 1.